The zero-order valence-corrected chi connectivity index (χ0v) is 57.0. The quantitative estimate of drug-likeness (QED) is 0.0932. The summed E-state index contributed by atoms with van der Waals surface area (Å²) in [6.45, 7) is 38.4. The molecule has 2 unspecified atom stereocenters. The lowest BCUT2D eigenvalue weighted by Crippen LogP contribution is -2.49. The molecular formula is C67H108N6O16. The molecule has 502 valence electrons. The molecule has 1 N–H and O–H groups in total. The Morgan fingerprint density at radius 2 is 0.652 bits per heavy atom. The first-order chi connectivity index (χ1) is 41.0. The van der Waals surface area contributed by atoms with Gasteiger partial charge in [-0.2, -0.15) is 0 Å². The van der Waals surface area contributed by atoms with Crippen LogP contribution in [0.5, 0.6) is 0 Å². The van der Waals surface area contributed by atoms with Gasteiger partial charge in [-0.05, 0) is 154 Å². The van der Waals surface area contributed by atoms with Gasteiger partial charge in [-0.25, -0.2) is 0 Å². The largest absolute Gasteiger partial charge is 0.481 e. The summed E-state index contributed by atoms with van der Waals surface area (Å²) >= 11 is 0. The van der Waals surface area contributed by atoms with Crippen molar-refractivity contribution >= 4 is 47.8 Å². The lowest BCUT2D eigenvalue weighted by Gasteiger charge is -2.33. The summed E-state index contributed by atoms with van der Waals surface area (Å²) in [4.78, 5) is 114. The fraction of sp³-hybridized carbons (Fsp3) is 0.701. The summed E-state index contributed by atoms with van der Waals surface area (Å²) < 4.78 is 39.3. The second-order valence-electron chi connectivity index (χ2n) is 28.8. The van der Waals surface area contributed by atoms with Crippen LogP contribution in [-0.2, 0) is 78.1 Å². The van der Waals surface area contributed by atoms with E-state index in [4.69, 9.17) is 33.2 Å². The monoisotopic (exact) mass is 1250 g/mol. The van der Waals surface area contributed by atoms with Crippen molar-refractivity contribution in [2.24, 2.45) is 0 Å². The highest BCUT2D eigenvalue weighted by atomic mass is 16.6. The molecule has 2 fully saturated rings. The third-order valence-corrected chi connectivity index (χ3v) is 13.3. The normalized spacial score (nSPS) is 17.0. The van der Waals surface area contributed by atoms with E-state index in [0.717, 1.165) is 16.7 Å². The zero-order chi connectivity index (χ0) is 67.1. The minimum absolute atomic E-state index is 0.00571. The molecule has 0 aliphatic carbocycles. The van der Waals surface area contributed by atoms with Crippen LogP contribution in [0.25, 0.3) is 11.1 Å². The lowest BCUT2D eigenvalue weighted by atomic mass is 10.0. The number of hydrogen-bond acceptors (Lipinski definition) is 21. The molecule has 4 rings (SSSR count). The molecule has 2 aliphatic rings. The SMILES string of the molecule is CC(C)(C)OC(=O)CN1CCN(CC(=O)OC(C)(C)C)CCN(C(CCC(=O)O)C(=O)OC(C)(C)C)CC1.CC(C)(C)OC(=O)CN1CCN(CC(=O)OC(C)(C)C)CCN(C(CCC(=O)OCc2ccc(-c3ccccc3)cc2)C(=O)OC(C)(C)C)CC1. The summed E-state index contributed by atoms with van der Waals surface area (Å²) in [5, 5.41) is 9.30. The van der Waals surface area contributed by atoms with Gasteiger partial charge >= 0.3 is 47.8 Å². The standard InChI is InChI=1S/C40H59N3O8.C27H49N3O8/c1-38(2,3)49-35(45)27-41-21-22-42(28-36(46)50-39(4,5)6)24-26-43(25-23-41)33(37(47)51-40(7,8)9)19-20-34(44)48-29-30-15-17-32(18-16-30)31-13-11-10-12-14-31;1-25(2,3)36-22(33)18-28-12-13-29(19-23(34)37-26(4,5)6)15-17-30(16-14-28)20(10-11-21(31)32)24(35)38-27(7,8)9/h10-18,33H,19-29H2,1-9H3;20H,10-19H2,1-9H3,(H,31,32). The van der Waals surface area contributed by atoms with Gasteiger partial charge in [-0.3, -0.25) is 67.8 Å². The Kier molecular flexibility index (Phi) is 30.3. The van der Waals surface area contributed by atoms with Gasteiger partial charge in [0.25, 0.3) is 0 Å². The number of aliphatic carboxylic acids is 1. The fourth-order valence-corrected chi connectivity index (χ4v) is 9.61. The van der Waals surface area contributed by atoms with Gasteiger partial charge in [-0.15, -0.1) is 0 Å². The van der Waals surface area contributed by atoms with Crippen LogP contribution in [-0.4, -0.2) is 233 Å². The second kappa shape index (κ2) is 35.0. The number of carbonyl (C=O) groups is 8. The van der Waals surface area contributed by atoms with Gasteiger partial charge in [0.2, 0.25) is 0 Å². The maximum absolute atomic E-state index is 13.7. The first-order valence-electron chi connectivity index (χ1n) is 31.2. The molecule has 89 heavy (non-hydrogen) atoms. The first-order valence-corrected chi connectivity index (χ1v) is 31.2. The van der Waals surface area contributed by atoms with Crippen molar-refractivity contribution in [1.29, 1.82) is 0 Å². The molecule has 0 aromatic heterocycles. The van der Waals surface area contributed by atoms with E-state index in [1.54, 1.807) is 20.8 Å². The molecular weight excluding hydrogens is 1140 g/mol. The van der Waals surface area contributed by atoms with Gasteiger partial charge in [0.15, 0.2) is 0 Å². The molecule has 22 heteroatoms. The van der Waals surface area contributed by atoms with E-state index in [-0.39, 0.29) is 82.3 Å². The maximum atomic E-state index is 13.7. The van der Waals surface area contributed by atoms with Crippen molar-refractivity contribution in [2.75, 3.05) is 105 Å². The van der Waals surface area contributed by atoms with Crippen molar-refractivity contribution in [3.63, 3.8) is 0 Å². The summed E-state index contributed by atoms with van der Waals surface area (Å²) in [5.74, 6) is -3.79. The van der Waals surface area contributed by atoms with Gasteiger partial charge in [-0.1, -0.05) is 54.6 Å². The van der Waals surface area contributed by atoms with Gasteiger partial charge in [0.1, 0.15) is 52.3 Å². The van der Waals surface area contributed by atoms with Crippen molar-refractivity contribution in [3.05, 3.63) is 60.2 Å². The number of esters is 7. The molecule has 2 heterocycles. The van der Waals surface area contributed by atoms with Gasteiger partial charge in [0.05, 0.1) is 26.2 Å². The smallest absolute Gasteiger partial charge is 0.323 e. The topological polar surface area (TPSA) is 241 Å². The highest BCUT2D eigenvalue weighted by Gasteiger charge is 2.36. The molecule has 2 saturated heterocycles. The van der Waals surface area contributed by atoms with Crippen LogP contribution in [0, 0.1) is 0 Å². The summed E-state index contributed by atoms with van der Waals surface area (Å²) in [7, 11) is 0. The number of hydrogen-bond donors (Lipinski definition) is 1. The van der Waals surface area contributed by atoms with Crippen molar-refractivity contribution in [2.45, 2.75) is 203 Å². The Morgan fingerprint density at radius 1 is 0.371 bits per heavy atom. The minimum atomic E-state index is -0.999. The van der Waals surface area contributed by atoms with Gasteiger partial charge < -0.3 is 38.3 Å². The fourth-order valence-electron chi connectivity index (χ4n) is 9.61. The molecule has 0 spiro atoms. The molecule has 0 amide bonds. The second-order valence-corrected chi connectivity index (χ2v) is 28.8. The molecule has 0 saturated carbocycles. The third-order valence-electron chi connectivity index (χ3n) is 13.3. The van der Waals surface area contributed by atoms with Crippen molar-refractivity contribution < 1.29 is 76.6 Å². The molecule has 2 atom stereocenters. The van der Waals surface area contributed by atoms with E-state index in [2.05, 4.69) is 0 Å². The van der Waals surface area contributed by atoms with E-state index in [1.165, 1.54) is 0 Å². The number of carboxylic acids is 1. The lowest BCUT2D eigenvalue weighted by molar-refractivity contribution is -0.164. The maximum Gasteiger partial charge on any atom is 0.323 e. The van der Waals surface area contributed by atoms with E-state index >= 15 is 0 Å². The minimum Gasteiger partial charge on any atom is -0.481 e. The highest BCUT2D eigenvalue weighted by molar-refractivity contribution is 5.79. The number of nitrogens with zero attached hydrogens (tertiary/aromatic N) is 6. The number of ether oxygens (including phenoxy) is 7. The molecule has 0 radical (unpaired) electrons. The molecule has 2 aromatic rings. The van der Waals surface area contributed by atoms with Crippen LogP contribution < -0.4 is 0 Å². The van der Waals surface area contributed by atoms with Crippen LogP contribution in [0.15, 0.2) is 54.6 Å². The molecule has 22 nitrogen and oxygen atoms in total. The molecule has 0 bridgehead atoms. The Balaban J connectivity index is 0.000000487. The van der Waals surface area contributed by atoms with Crippen LogP contribution in [0.3, 0.4) is 0 Å². The number of benzene rings is 2. The summed E-state index contributed by atoms with van der Waals surface area (Å²) in [6.07, 6.45) is 0.0800. The number of carboxylic acid groups (broad SMARTS) is 1. The summed E-state index contributed by atoms with van der Waals surface area (Å²) in [6, 6.07) is 16.4. The van der Waals surface area contributed by atoms with Crippen LogP contribution in [0.1, 0.15) is 156 Å². The molecule has 2 aromatic carbocycles. The van der Waals surface area contributed by atoms with E-state index < -0.39 is 69.6 Å². The third kappa shape index (κ3) is 34.7. The van der Waals surface area contributed by atoms with Crippen molar-refractivity contribution in [1.82, 2.24) is 29.4 Å². The first kappa shape index (κ1) is 77.2. The van der Waals surface area contributed by atoms with E-state index in [1.807, 2.05) is 188 Å². The zero-order valence-electron chi connectivity index (χ0n) is 57.0. The van der Waals surface area contributed by atoms with E-state index in [9.17, 15) is 43.5 Å². The van der Waals surface area contributed by atoms with Gasteiger partial charge in [0, 0.05) is 91.4 Å². The number of rotatable bonds is 21. The predicted octanol–water partition coefficient (Wildman–Crippen LogP) is 7.65. The molecule has 2 aliphatic heterocycles. The summed E-state index contributed by atoms with van der Waals surface area (Å²) in [5.41, 5.74) is -0.937. The average molecular weight is 1250 g/mol. The number of carbonyl (C=O) groups excluding carboxylic acids is 7. The predicted molar refractivity (Wildman–Crippen MR) is 339 cm³/mol. The van der Waals surface area contributed by atoms with Crippen LogP contribution in [0.2, 0.25) is 0 Å². The van der Waals surface area contributed by atoms with E-state index in [0.29, 0.717) is 78.5 Å². The Bertz CT molecular complexity index is 2490. The Morgan fingerprint density at radius 3 is 0.944 bits per heavy atom. The Hall–Kier alpha value is -6.04. The van der Waals surface area contributed by atoms with Crippen LogP contribution in [0.4, 0.5) is 0 Å². The van der Waals surface area contributed by atoms with Crippen LogP contribution >= 0.6 is 0 Å². The highest BCUT2D eigenvalue weighted by Crippen LogP contribution is 2.23. The average Bonchev–Trinajstić information content (AvgIpc) is 2.37. The Labute approximate surface area is 530 Å². The van der Waals surface area contributed by atoms with Crippen molar-refractivity contribution in [3.8, 4) is 11.1 Å².